The predicted octanol–water partition coefficient (Wildman–Crippen LogP) is 4.03. The topological polar surface area (TPSA) is 52.8 Å². The van der Waals surface area contributed by atoms with Crippen LogP contribution in [0.1, 0.15) is 23.6 Å². The Balaban J connectivity index is 2.01. The summed E-state index contributed by atoms with van der Waals surface area (Å²) in [6, 6.07) is 9.95. The van der Waals surface area contributed by atoms with Crippen LogP contribution in [0.4, 0.5) is 0 Å². The van der Waals surface area contributed by atoms with Crippen molar-refractivity contribution in [2.45, 2.75) is 33.7 Å². The minimum absolute atomic E-state index is 0.147. The molecule has 0 aliphatic rings. The van der Waals surface area contributed by atoms with Gasteiger partial charge in [-0.2, -0.15) is 4.99 Å². The monoisotopic (exact) mass is 384 g/mol. The van der Waals surface area contributed by atoms with Gasteiger partial charge in [-0.3, -0.25) is 4.79 Å². The number of amides is 1. The Morgan fingerprint density at radius 3 is 2.41 bits per heavy atom. The molecule has 5 nitrogen and oxygen atoms in total. The molecular weight excluding hydrogens is 360 g/mol. The molecule has 0 saturated carbocycles. The molecule has 0 N–H and O–H groups in total. The number of ether oxygens (including phenoxy) is 2. The lowest BCUT2D eigenvalue weighted by Gasteiger charge is -2.08. The highest BCUT2D eigenvalue weighted by molar-refractivity contribution is 7.16. The van der Waals surface area contributed by atoms with E-state index in [2.05, 4.69) is 24.9 Å². The van der Waals surface area contributed by atoms with E-state index in [1.54, 1.807) is 14.2 Å². The number of hydrogen-bond acceptors (Lipinski definition) is 4. The van der Waals surface area contributed by atoms with Gasteiger partial charge in [-0.15, -0.1) is 0 Å². The van der Waals surface area contributed by atoms with Crippen molar-refractivity contribution in [2.75, 3.05) is 14.2 Å². The van der Waals surface area contributed by atoms with Crippen LogP contribution in [0, 0.1) is 13.8 Å². The molecular formula is C21H24N2O3S. The summed E-state index contributed by atoms with van der Waals surface area (Å²) >= 11 is 1.48. The molecule has 0 radical (unpaired) electrons. The number of hydrogen-bond donors (Lipinski definition) is 0. The third-order valence-corrected chi connectivity index (χ3v) is 5.69. The van der Waals surface area contributed by atoms with Crippen LogP contribution in [0.5, 0.6) is 11.5 Å². The first-order valence-corrected chi connectivity index (χ1v) is 9.67. The molecule has 27 heavy (non-hydrogen) atoms. The van der Waals surface area contributed by atoms with Gasteiger partial charge in [0.05, 0.1) is 30.9 Å². The Morgan fingerprint density at radius 2 is 1.78 bits per heavy atom. The average molecular weight is 385 g/mol. The zero-order valence-corrected chi connectivity index (χ0v) is 17.1. The molecule has 6 heteroatoms. The van der Waals surface area contributed by atoms with Crippen molar-refractivity contribution in [1.29, 1.82) is 0 Å². The SMILES string of the molecule is CCn1c(=NC(=O)Cc2ccc(C)c(C)c2)sc2cc(OC)c(OC)cc21. The third kappa shape index (κ3) is 3.90. The Hall–Kier alpha value is -2.60. The van der Waals surface area contributed by atoms with Crippen molar-refractivity contribution in [3.8, 4) is 11.5 Å². The van der Waals surface area contributed by atoms with Crippen LogP contribution in [-0.2, 0) is 17.8 Å². The first-order valence-electron chi connectivity index (χ1n) is 8.85. The number of aryl methyl sites for hydroxylation is 3. The molecule has 0 atom stereocenters. The van der Waals surface area contributed by atoms with Crippen molar-refractivity contribution in [3.63, 3.8) is 0 Å². The zero-order chi connectivity index (χ0) is 19.6. The number of carbonyl (C=O) groups is 1. The second kappa shape index (κ2) is 7.96. The molecule has 0 bridgehead atoms. The number of carbonyl (C=O) groups excluding carboxylic acids is 1. The van der Waals surface area contributed by atoms with Gasteiger partial charge in [-0.05, 0) is 37.5 Å². The largest absolute Gasteiger partial charge is 0.493 e. The molecule has 3 rings (SSSR count). The molecule has 1 aromatic heterocycles. The summed E-state index contributed by atoms with van der Waals surface area (Å²) in [7, 11) is 3.23. The molecule has 0 spiro atoms. The van der Waals surface area contributed by atoms with Gasteiger partial charge in [0.2, 0.25) is 0 Å². The number of thiazole rings is 1. The lowest BCUT2D eigenvalue weighted by atomic mass is 10.0. The van der Waals surface area contributed by atoms with Crippen molar-refractivity contribution in [1.82, 2.24) is 4.57 Å². The van der Waals surface area contributed by atoms with Gasteiger partial charge in [-0.25, -0.2) is 0 Å². The minimum Gasteiger partial charge on any atom is -0.493 e. The normalized spacial score (nSPS) is 11.8. The van der Waals surface area contributed by atoms with Gasteiger partial charge in [0.25, 0.3) is 5.91 Å². The molecule has 0 unspecified atom stereocenters. The number of aromatic nitrogens is 1. The maximum absolute atomic E-state index is 12.5. The molecule has 0 aliphatic carbocycles. The summed E-state index contributed by atoms with van der Waals surface area (Å²) in [4.78, 5) is 17.6. The summed E-state index contributed by atoms with van der Waals surface area (Å²) in [6.07, 6.45) is 0.297. The fraction of sp³-hybridized carbons (Fsp3) is 0.333. The maximum Gasteiger partial charge on any atom is 0.252 e. The van der Waals surface area contributed by atoms with Gasteiger partial charge in [0, 0.05) is 18.7 Å². The molecule has 142 valence electrons. The Kier molecular flexibility index (Phi) is 5.65. The summed E-state index contributed by atoms with van der Waals surface area (Å²) in [6.45, 7) is 6.87. The van der Waals surface area contributed by atoms with E-state index in [1.165, 1.54) is 22.5 Å². The van der Waals surface area contributed by atoms with E-state index in [0.717, 1.165) is 15.8 Å². The van der Waals surface area contributed by atoms with Crippen LogP contribution >= 0.6 is 11.3 Å². The highest BCUT2D eigenvalue weighted by Crippen LogP contribution is 2.33. The number of fused-ring (bicyclic) bond motifs is 1. The van der Waals surface area contributed by atoms with Gasteiger partial charge in [-0.1, -0.05) is 29.5 Å². The summed E-state index contributed by atoms with van der Waals surface area (Å²) in [5, 5.41) is 0. The van der Waals surface area contributed by atoms with Crippen LogP contribution in [0.3, 0.4) is 0 Å². The van der Waals surface area contributed by atoms with Crippen LogP contribution in [0.15, 0.2) is 35.3 Å². The number of rotatable bonds is 5. The van der Waals surface area contributed by atoms with Gasteiger partial charge < -0.3 is 14.0 Å². The number of methoxy groups -OCH3 is 2. The smallest absolute Gasteiger partial charge is 0.252 e. The highest BCUT2D eigenvalue weighted by Gasteiger charge is 2.12. The van der Waals surface area contributed by atoms with Crippen LogP contribution in [0.25, 0.3) is 10.2 Å². The quantitative estimate of drug-likeness (QED) is 0.667. The van der Waals surface area contributed by atoms with Crippen molar-refractivity contribution < 1.29 is 14.3 Å². The first-order chi connectivity index (χ1) is 13.0. The van der Waals surface area contributed by atoms with E-state index in [-0.39, 0.29) is 5.91 Å². The van der Waals surface area contributed by atoms with Crippen LogP contribution < -0.4 is 14.3 Å². The second-order valence-electron chi connectivity index (χ2n) is 6.40. The van der Waals surface area contributed by atoms with Crippen LogP contribution in [0.2, 0.25) is 0 Å². The van der Waals surface area contributed by atoms with E-state index in [9.17, 15) is 4.79 Å². The van der Waals surface area contributed by atoms with Gasteiger partial charge in [0.15, 0.2) is 16.3 Å². The summed E-state index contributed by atoms with van der Waals surface area (Å²) < 4.78 is 13.8. The third-order valence-electron chi connectivity index (χ3n) is 4.65. The standard InChI is InChI=1S/C21H24N2O3S/c1-6-23-16-11-17(25-4)18(26-5)12-19(16)27-21(23)22-20(24)10-15-8-7-13(2)14(3)9-15/h7-9,11-12H,6,10H2,1-5H3. The number of nitrogens with zero attached hydrogens (tertiary/aromatic N) is 2. The molecule has 1 amide bonds. The molecule has 0 aliphatic heterocycles. The van der Waals surface area contributed by atoms with Crippen molar-refractivity contribution in [2.24, 2.45) is 4.99 Å². The molecule has 3 aromatic rings. The van der Waals surface area contributed by atoms with Crippen molar-refractivity contribution in [3.05, 3.63) is 51.8 Å². The van der Waals surface area contributed by atoms with Gasteiger partial charge >= 0.3 is 0 Å². The van der Waals surface area contributed by atoms with E-state index in [4.69, 9.17) is 9.47 Å². The fourth-order valence-electron chi connectivity index (χ4n) is 3.02. The predicted molar refractivity (Wildman–Crippen MR) is 109 cm³/mol. The van der Waals surface area contributed by atoms with E-state index < -0.39 is 0 Å². The summed E-state index contributed by atoms with van der Waals surface area (Å²) in [5.41, 5.74) is 4.38. The lowest BCUT2D eigenvalue weighted by Crippen LogP contribution is -2.16. The fourth-order valence-corrected chi connectivity index (χ4v) is 4.14. The van der Waals surface area contributed by atoms with Crippen molar-refractivity contribution >= 4 is 27.5 Å². The molecule has 0 saturated heterocycles. The summed E-state index contributed by atoms with van der Waals surface area (Å²) in [5.74, 6) is 1.19. The zero-order valence-electron chi connectivity index (χ0n) is 16.3. The average Bonchev–Trinajstić information content (AvgIpc) is 2.98. The lowest BCUT2D eigenvalue weighted by molar-refractivity contribution is -0.117. The van der Waals surface area contributed by atoms with Crippen LogP contribution in [-0.4, -0.2) is 24.7 Å². The van der Waals surface area contributed by atoms with Gasteiger partial charge in [0.1, 0.15) is 0 Å². The van der Waals surface area contributed by atoms with E-state index in [0.29, 0.717) is 29.3 Å². The Labute approximate surface area is 162 Å². The second-order valence-corrected chi connectivity index (χ2v) is 7.41. The Morgan fingerprint density at radius 1 is 1.07 bits per heavy atom. The molecule has 1 heterocycles. The molecule has 2 aromatic carbocycles. The highest BCUT2D eigenvalue weighted by atomic mass is 32.1. The van der Waals surface area contributed by atoms with E-state index in [1.807, 2.05) is 35.8 Å². The molecule has 0 fully saturated rings. The minimum atomic E-state index is -0.147. The number of benzene rings is 2. The first kappa shape index (κ1) is 19.2. The Bertz CT molecular complexity index is 1060. The maximum atomic E-state index is 12.5. The van der Waals surface area contributed by atoms with E-state index >= 15 is 0 Å².